The highest BCUT2D eigenvalue weighted by Crippen LogP contribution is 2.32. The fourth-order valence-electron chi connectivity index (χ4n) is 3.70. The summed E-state index contributed by atoms with van der Waals surface area (Å²) in [5.74, 6) is -1.32. The maximum Gasteiger partial charge on any atom is 0.347 e. The molecule has 1 unspecified atom stereocenters. The first kappa shape index (κ1) is 17.8. The van der Waals surface area contributed by atoms with Gasteiger partial charge in [-0.15, -0.1) is 0 Å². The Balaban J connectivity index is 1.67. The molecule has 1 saturated heterocycles. The van der Waals surface area contributed by atoms with Crippen molar-refractivity contribution in [3.63, 3.8) is 0 Å². The Labute approximate surface area is 153 Å². The minimum Gasteiger partial charge on any atom is -0.335 e. The van der Waals surface area contributed by atoms with Gasteiger partial charge in [0, 0.05) is 17.5 Å². The summed E-state index contributed by atoms with van der Waals surface area (Å²) < 4.78 is 42.6. The molecule has 0 bridgehead atoms. The second-order valence-corrected chi connectivity index (χ2v) is 7.24. The fourth-order valence-corrected chi connectivity index (χ4v) is 3.70. The van der Waals surface area contributed by atoms with Crippen molar-refractivity contribution in [2.24, 2.45) is 0 Å². The van der Waals surface area contributed by atoms with E-state index in [2.05, 4.69) is 5.10 Å². The summed E-state index contributed by atoms with van der Waals surface area (Å²) in [6.07, 6.45) is 0.124. The Hall–Kier alpha value is -2.58. The molecule has 6 nitrogen and oxygen atoms in total. The van der Waals surface area contributed by atoms with Crippen LogP contribution in [0.25, 0.3) is 0 Å². The summed E-state index contributed by atoms with van der Waals surface area (Å²) in [5.41, 5.74) is -0.386. The number of hydrogen-bond acceptors (Lipinski definition) is 3. The number of carbonyl (C=O) groups is 1. The van der Waals surface area contributed by atoms with E-state index >= 15 is 0 Å². The van der Waals surface area contributed by atoms with Gasteiger partial charge in [-0.2, -0.15) is 5.10 Å². The predicted molar refractivity (Wildman–Crippen MR) is 90.1 cm³/mol. The molecular formula is C18H19F3N4O2. The van der Waals surface area contributed by atoms with Gasteiger partial charge in [0.25, 0.3) is 0 Å². The van der Waals surface area contributed by atoms with Gasteiger partial charge in [-0.3, -0.25) is 9.36 Å². The third kappa shape index (κ3) is 3.04. The number of nitrogens with zero attached hydrogens (tertiary/aromatic N) is 4. The molecule has 144 valence electrons. The number of aromatic nitrogens is 3. The van der Waals surface area contributed by atoms with Crippen LogP contribution < -0.4 is 5.69 Å². The van der Waals surface area contributed by atoms with Crippen LogP contribution in [0.5, 0.6) is 0 Å². The topological polar surface area (TPSA) is 60.1 Å². The molecule has 0 N–H and O–H groups in total. The van der Waals surface area contributed by atoms with Crippen LogP contribution in [0.2, 0.25) is 0 Å². The minimum atomic E-state index is -1.02. The second-order valence-electron chi connectivity index (χ2n) is 7.24. The van der Waals surface area contributed by atoms with E-state index in [1.165, 1.54) is 15.5 Å². The number of fused-ring (bicyclic) bond motifs is 1. The van der Waals surface area contributed by atoms with Crippen molar-refractivity contribution in [3.05, 3.63) is 51.7 Å². The molecule has 0 radical (unpaired) electrons. The molecule has 0 aliphatic carbocycles. The van der Waals surface area contributed by atoms with Crippen molar-refractivity contribution < 1.29 is 18.0 Å². The highest BCUT2D eigenvalue weighted by molar-refractivity contribution is 5.81. The normalized spacial score (nSPS) is 22.4. The highest BCUT2D eigenvalue weighted by atomic mass is 19.1. The summed E-state index contributed by atoms with van der Waals surface area (Å²) in [5, 5.41) is 4.30. The number of carbonyl (C=O) groups excluding carboxylic acids is 1. The summed E-state index contributed by atoms with van der Waals surface area (Å²) in [7, 11) is 0. The number of alkyl halides is 1. The first-order valence-corrected chi connectivity index (χ1v) is 8.91. The van der Waals surface area contributed by atoms with Crippen LogP contribution in [-0.2, 0) is 11.3 Å². The van der Waals surface area contributed by atoms with E-state index in [9.17, 15) is 22.8 Å². The highest BCUT2D eigenvalue weighted by Gasteiger charge is 2.40. The molecule has 0 spiro atoms. The molecule has 0 saturated carbocycles. The van der Waals surface area contributed by atoms with E-state index in [4.69, 9.17) is 0 Å². The van der Waals surface area contributed by atoms with Crippen LogP contribution in [0, 0.1) is 11.6 Å². The van der Waals surface area contributed by atoms with E-state index in [0.29, 0.717) is 18.7 Å². The van der Waals surface area contributed by atoms with Crippen molar-refractivity contribution >= 4 is 5.91 Å². The Bertz CT molecular complexity index is 949. The Morgan fingerprint density at radius 2 is 2.00 bits per heavy atom. The zero-order valence-electron chi connectivity index (χ0n) is 14.7. The third-order valence-corrected chi connectivity index (χ3v) is 5.29. The lowest BCUT2D eigenvalue weighted by atomic mass is 9.94. The van der Waals surface area contributed by atoms with Crippen LogP contribution >= 0.6 is 0 Å². The Kier molecular flexibility index (Phi) is 4.32. The van der Waals surface area contributed by atoms with Gasteiger partial charge in [0.1, 0.15) is 29.7 Å². The van der Waals surface area contributed by atoms with E-state index in [-0.39, 0.29) is 37.0 Å². The molecule has 1 amide bonds. The van der Waals surface area contributed by atoms with E-state index in [1.807, 2.05) is 6.92 Å². The average molecular weight is 380 g/mol. The molecule has 2 aromatic rings. The first-order chi connectivity index (χ1) is 12.8. The molecule has 2 aliphatic rings. The van der Waals surface area contributed by atoms with Gasteiger partial charge in [0.05, 0.1) is 19.6 Å². The molecule has 1 aromatic heterocycles. The summed E-state index contributed by atoms with van der Waals surface area (Å²) in [4.78, 5) is 26.9. The van der Waals surface area contributed by atoms with E-state index < -0.39 is 29.5 Å². The van der Waals surface area contributed by atoms with Crippen LogP contribution in [-0.4, -0.2) is 44.4 Å². The van der Waals surface area contributed by atoms with Gasteiger partial charge >= 0.3 is 5.69 Å². The molecule has 2 atom stereocenters. The van der Waals surface area contributed by atoms with Gasteiger partial charge in [-0.1, -0.05) is 13.0 Å². The standard InChI is InChI=1S/C18H19F3N4O2/c1-10-2-5-15(17(26)23-8-13(20)9-23)25-16(10)22-24(18(25)27)7-11-3-4-12(19)6-14(11)21/h3-4,6,10,13,15H,2,5,7-9H2,1H3/t10?,15-/m0/s1. The average Bonchev–Trinajstić information content (AvgIpc) is 2.92. The van der Waals surface area contributed by atoms with Gasteiger partial charge in [0.15, 0.2) is 0 Å². The van der Waals surface area contributed by atoms with Crippen LogP contribution in [0.1, 0.15) is 43.1 Å². The lowest BCUT2D eigenvalue weighted by Gasteiger charge is -2.38. The van der Waals surface area contributed by atoms with Gasteiger partial charge in [-0.05, 0) is 18.9 Å². The minimum absolute atomic E-state index is 0.0358. The lowest BCUT2D eigenvalue weighted by Crippen LogP contribution is -2.54. The molecule has 1 aromatic carbocycles. The smallest absolute Gasteiger partial charge is 0.335 e. The van der Waals surface area contributed by atoms with Crippen molar-refractivity contribution in [3.8, 4) is 0 Å². The monoisotopic (exact) mass is 380 g/mol. The Morgan fingerprint density at radius 3 is 2.67 bits per heavy atom. The van der Waals surface area contributed by atoms with Crippen LogP contribution in [0.3, 0.4) is 0 Å². The molecule has 2 aliphatic heterocycles. The number of likely N-dealkylation sites (tertiary alicyclic amines) is 1. The van der Waals surface area contributed by atoms with Crippen LogP contribution in [0.4, 0.5) is 13.2 Å². The number of halogens is 3. The predicted octanol–water partition coefficient (Wildman–Crippen LogP) is 1.99. The van der Waals surface area contributed by atoms with E-state index in [1.54, 1.807) is 0 Å². The van der Waals surface area contributed by atoms with Crippen molar-refractivity contribution in [1.29, 1.82) is 0 Å². The van der Waals surface area contributed by atoms with E-state index in [0.717, 1.165) is 16.8 Å². The zero-order chi connectivity index (χ0) is 19.3. The maximum absolute atomic E-state index is 13.9. The summed E-state index contributed by atoms with van der Waals surface area (Å²) in [6.45, 7) is 1.84. The zero-order valence-corrected chi connectivity index (χ0v) is 14.7. The number of hydrogen-bond donors (Lipinski definition) is 0. The van der Waals surface area contributed by atoms with Gasteiger partial charge in [0.2, 0.25) is 5.91 Å². The summed E-state index contributed by atoms with van der Waals surface area (Å²) >= 11 is 0. The molecule has 3 heterocycles. The largest absolute Gasteiger partial charge is 0.347 e. The van der Waals surface area contributed by atoms with Gasteiger partial charge in [-0.25, -0.2) is 22.6 Å². The molecule has 4 rings (SSSR count). The lowest BCUT2D eigenvalue weighted by molar-refractivity contribution is -0.142. The Morgan fingerprint density at radius 1 is 1.26 bits per heavy atom. The fraction of sp³-hybridized carbons (Fsp3) is 0.500. The van der Waals surface area contributed by atoms with Gasteiger partial charge < -0.3 is 4.90 Å². The van der Waals surface area contributed by atoms with Crippen molar-refractivity contribution in [2.45, 2.75) is 44.4 Å². The molecule has 27 heavy (non-hydrogen) atoms. The maximum atomic E-state index is 13.9. The number of benzene rings is 1. The molecule has 9 heteroatoms. The van der Waals surface area contributed by atoms with Crippen molar-refractivity contribution in [1.82, 2.24) is 19.2 Å². The third-order valence-electron chi connectivity index (χ3n) is 5.29. The molecule has 1 fully saturated rings. The quantitative estimate of drug-likeness (QED) is 0.818. The SMILES string of the molecule is CC1CC[C@@H](C(=O)N2CC(F)C2)n2c1nn(Cc1ccc(F)cc1F)c2=O. The molecular weight excluding hydrogens is 361 g/mol. The summed E-state index contributed by atoms with van der Waals surface area (Å²) in [6, 6.07) is 2.42. The number of amides is 1. The van der Waals surface area contributed by atoms with Crippen LogP contribution in [0.15, 0.2) is 23.0 Å². The van der Waals surface area contributed by atoms with Crippen molar-refractivity contribution in [2.75, 3.05) is 13.1 Å². The first-order valence-electron chi connectivity index (χ1n) is 8.91. The number of rotatable bonds is 3. The second kappa shape index (κ2) is 6.54.